The maximum absolute atomic E-state index is 12.6. The molecule has 8 heteroatoms. The fraction of sp³-hybridized carbons (Fsp3) is 0.533. The van der Waals surface area contributed by atoms with Crippen molar-refractivity contribution >= 4 is 11.9 Å². The molecular formula is C15H21N7O. The lowest BCUT2D eigenvalue weighted by atomic mass is 10.1. The highest BCUT2D eigenvalue weighted by molar-refractivity contribution is 5.78. The highest BCUT2D eigenvalue weighted by atomic mass is 16.2. The summed E-state index contributed by atoms with van der Waals surface area (Å²) in [7, 11) is 0. The van der Waals surface area contributed by atoms with Crippen molar-refractivity contribution in [3.8, 4) is 0 Å². The molecule has 1 fully saturated rings. The first-order chi connectivity index (χ1) is 11.2. The summed E-state index contributed by atoms with van der Waals surface area (Å²) in [5.41, 5.74) is 0. The van der Waals surface area contributed by atoms with Crippen LogP contribution in [0.2, 0.25) is 0 Å². The second kappa shape index (κ2) is 7.17. The molecule has 2 aromatic rings. The highest BCUT2D eigenvalue weighted by Crippen LogP contribution is 2.13. The molecule has 3 heterocycles. The van der Waals surface area contributed by atoms with E-state index in [2.05, 4.69) is 25.0 Å². The van der Waals surface area contributed by atoms with Crippen molar-refractivity contribution in [1.29, 1.82) is 0 Å². The van der Waals surface area contributed by atoms with Crippen molar-refractivity contribution in [1.82, 2.24) is 29.6 Å². The van der Waals surface area contributed by atoms with E-state index >= 15 is 0 Å². The number of hydrogen-bond donors (Lipinski definition) is 0. The molecular weight excluding hydrogens is 294 g/mol. The summed E-state index contributed by atoms with van der Waals surface area (Å²) in [5.74, 6) is 0.782. The van der Waals surface area contributed by atoms with Crippen molar-refractivity contribution in [3.05, 3.63) is 31.1 Å². The minimum Gasteiger partial charge on any atom is -0.341 e. The second-order valence-corrected chi connectivity index (χ2v) is 5.73. The molecule has 0 bridgehead atoms. The molecule has 1 saturated heterocycles. The number of amides is 1. The highest BCUT2D eigenvalue weighted by Gasteiger charge is 2.24. The summed E-state index contributed by atoms with van der Waals surface area (Å²) in [6.07, 6.45) is 7.54. The van der Waals surface area contributed by atoms with E-state index in [1.165, 1.54) is 6.33 Å². The van der Waals surface area contributed by atoms with Crippen LogP contribution in [0.1, 0.15) is 13.3 Å². The minimum atomic E-state index is -0.115. The second-order valence-electron chi connectivity index (χ2n) is 5.73. The zero-order chi connectivity index (χ0) is 16.1. The lowest BCUT2D eigenvalue weighted by Crippen LogP contribution is -2.39. The number of anilines is 1. The molecule has 122 valence electrons. The Bertz CT molecular complexity index is 616. The van der Waals surface area contributed by atoms with Crippen LogP contribution in [0, 0.1) is 5.92 Å². The van der Waals surface area contributed by atoms with Gasteiger partial charge in [-0.25, -0.2) is 15.0 Å². The van der Waals surface area contributed by atoms with Gasteiger partial charge in [-0.2, -0.15) is 5.10 Å². The summed E-state index contributed by atoms with van der Waals surface area (Å²) in [6.45, 7) is 5.58. The van der Waals surface area contributed by atoms with Crippen LogP contribution in [0.15, 0.2) is 31.1 Å². The van der Waals surface area contributed by atoms with Crippen LogP contribution in [0.25, 0.3) is 0 Å². The van der Waals surface area contributed by atoms with Gasteiger partial charge in [0.1, 0.15) is 12.7 Å². The fourth-order valence-corrected chi connectivity index (χ4v) is 2.79. The summed E-state index contributed by atoms with van der Waals surface area (Å²) in [4.78, 5) is 29.2. The summed E-state index contributed by atoms with van der Waals surface area (Å²) in [5, 5.41) is 4.06. The van der Waals surface area contributed by atoms with Crippen molar-refractivity contribution < 1.29 is 4.79 Å². The molecule has 1 aliphatic heterocycles. The third-order valence-corrected chi connectivity index (χ3v) is 3.99. The SMILES string of the molecule is C[C@@H](Cn1cncn1)C(=O)N1CCCN(c2ncccn2)CC1. The van der Waals surface area contributed by atoms with E-state index in [4.69, 9.17) is 0 Å². The van der Waals surface area contributed by atoms with Gasteiger partial charge in [-0.3, -0.25) is 9.48 Å². The van der Waals surface area contributed by atoms with Gasteiger partial charge < -0.3 is 9.80 Å². The molecule has 3 rings (SSSR count). The zero-order valence-corrected chi connectivity index (χ0v) is 13.2. The normalized spacial score (nSPS) is 16.9. The number of rotatable bonds is 4. The molecule has 0 radical (unpaired) electrons. The predicted molar refractivity (Wildman–Crippen MR) is 84.6 cm³/mol. The van der Waals surface area contributed by atoms with Gasteiger partial charge in [-0.05, 0) is 12.5 Å². The first-order valence-electron chi connectivity index (χ1n) is 7.87. The maximum atomic E-state index is 12.6. The average molecular weight is 315 g/mol. The van der Waals surface area contributed by atoms with Gasteiger partial charge in [-0.15, -0.1) is 0 Å². The molecule has 1 aliphatic rings. The molecule has 8 nitrogen and oxygen atoms in total. The molecule has 0 saturated carbocycles. The van der Waals surface area contributed by atoms with Crippen LogP contribution < -0.4 is 4.90 Å². The Kier molecular flexibility index (Phi) is 4.80. The first-order valence-corrected chi connectivity index (χ1v) is 7.87. The number of carbonyl (C=O) groups excluding carboxylic acids is 1. The molecule has 0 unspecified atom stereocenters. The average Bonchev–Trinajstić information content (AvgIpc) is 2.96. The van der Waals surface area contributed by atoms with E-state index < -0.39 is 0 Å². The van der Waals surface area contributed by atoms with Gasteiger partial charge in [0.05, 0.1) is 12.5 Å². The van der Waals surface area contributed by atoms with Gasteiger partial charge in [0.25, 0.3) is 0 Å². The summed E-state index contributed by atoms with van der Waals surface area (Å²) in [6, 6.07) is 1.81. The standard InChI is InChI=1S/C15H21N7O/c1-13(10-22-12-16-11-19-22)14(23)20-6-3-7-21(9-8-20)15-17-4-2-5-18-15/h2,4-5,11-13H,3,6-10H2,1H3/t13-/m0/s1. The number of aromatic nitrogens is 5. The van der Waals surface area contributed by atoms with Crippen LogP contribution in [0.4, 0.5) is 5.95 Å². The third-order valence-electron chi connectivity index (χ3n) is 3.99. The minimum absolute atomic E-state index is 0.115. The van der Waals surface area contributed by atoms with Crippen molar-refractivity contribution in [3.63, 3.8) is 0 Å². The van der Waals surface area contributed by atoms with E-state index in [0.29, 0.717) is 13.1 Å². The van der Waals surface area contributed by atoms with E-state index in [1.807, 2.05) is 17.9 Å². The Morgan fingerprint density at radius 3 is 2.78 bits per heavy atom. The molecule has 1 amide bonds. The predicted octanol–water partition coefficient (Wildman–Crippen LogP) is 0.443. The van der Waals surface area contributed by atoms with Gasteiger partial charge in [-0.1, -0.05) is 6.92 Å². The van der Waals surface area contributed by atoms with E-state index in [1.54, 1.807) is 23.4 Å². The van der Waals surface area contributed by atoms with E-state index in [-0.39, 0.29) is 11.8 Å². The van der Waals surface area contributed by atoms with Crippen LogP contribution in [-0.4, -0.2) is 61.7 Å². The Morgan fingerprint density at radius 1 is 1.22 bits per heavy atom. The number of carbonyl (C=O) groups is 1. The first kappa shape index (κ1) is 15.4. The molecule has 23 heavy (non-hydrogen) atoms. The Labute approximate surface area is 135 Å². The topological polar surface area (TPSA) is 80.0 Å². The Hall–Kier alpha value is -2.51. The van der Waals surface area contributed by atoms with E-state index in [0.717, 1.165) is 32.0 Å². The summed E-state index contributed by atoms with van der Waals surface area (Å²) >= 11 is 0. The quantitative estimate of drug-likeness (QED) is 0.814. The zero-order valence-electron chi connectivity index (χ0n) is 13.2. The van der Waals surface area contributed by atoms with E-state index in [9.17, 15) is 4.79 Å². The molecule has 2 aromatic heterocycles. The lowest BCUT2D eigenvalue weighted by molar-refractivity contribution is -0.135. The molecule has 0 aliphatic carbocycles. The van der Waals surface area contributed by atoms with Gasteiger partial charge in [0, 0.05) is 38.6 Å². The smallest absolute Gasteiger partial charge is 0.227 e. The fourth-order valence-electron chi connectivity index (χ4n) is 2.79. The lowest BCUT2D eigenvalue weighted by Gasteiger charge is -2.24. The van der Waals surface area contributed by atoms with Crippen molar-refractivity contribution in [2.24, 2.45) is 5.92 Å². The Balaban J connectivity index is 1.58. The third kappa shape index (κ3) is 3.82. The maximum Gasteiger partial charge on any atom is 0.227 e. The van der Waals surface area contributed by atoms with Crippen molar-refractivity contribution in [2.75, 3.05) is 31.1 Å². The monoisotopic (exact) mass is 315 g/mol. The van der Waals surface area contributed by atoms with Crippen molar-refractivity contribution in [2.45, 2.75) is 19.9 Å². The van der Waals surface area contributed by atoms with Crippen LogP contribution in [0.5, 0.6) is 0 Å². The molecule has 0 aromatic carbocycles. The largest absolute Gasteiger partial charge is 0.341 e. The van der Waals surface area contributed by atoms with Crippen LogP contribution in [0.3, 0.4) is 0 Å². The number of nitrogens with zero attached hydrogens (tertiary/aromatic N) is 7. The van der Waals surface area contributed by atoms with Crippen LogP contribution >= 0.6 is 0 Å². The molecule has 0 spiro atoms. The van der Waals surface area contributed by atoms with Gasteiger partial charge in [0.15, 0.2) is 0 Å². The molecule has 0 N–H and O–H groups in total. The Morgan fingerprint density at radius 2 is 2.04 bits per heavy atom. The number of hydrogen-bond acceptors (Lipinski definition) is 6. The summed E-state index contributed by atoms with van der Waals surface area (Å²) < 4.78 is 1.70. The molecule has 1 atom stereocenters. The van der Waals surface area contributed by atoms with Gasteiger partial charge in [0.2, 0.25) is 11.9 Å². The van der Waals surface area contributed by atoms with Gasteiger partial charge >= 0.3 is 0 Å². The van der Waals surface area contributed by atoms with Crippen LogP contribution in [-0.2, 0) is 11.3 Å².